The van der Waals surface area contributed by atoms with E-state index in [1.54, 1.807) is 0 Å². The van der Waals surface area contributed by atoms with Gasteiger partial charge in [-0.3, -0.25) is 0 Å². The molecule has 2 aliphatic carbocycles. The molecular formula is C27H49N. The first kappa shape index (κ1) is 23.8. The highest BCUT2D eigenvalue weighted by Crippen LogP contribution is 2.47. The predicted octanol–water partition coefficient (Wildman–Crippen LogP) is 9.21. The van der Waals surface area contributed by atoms with Crippen molar-refractivity contribution in [2.75, 3.05) is 0 Å². The summed E-state index contributed by atoms with van der Waals surface area (Å²) in [5, 5.41) is 9.91. The maximum Gasteiger partial charge on any atom is 0.0689 e. The SMILES string of the molecule is CCCCCCCCCC[C@]1(C#N)CC[C@@H](C2CCC(CCCC)CC2)CC1. The minimum atomic E-state index is 0.0387. The van der Waals surface area contributed by atoms with Gasteiger partial charge in [0.05, 0.1) is 11.5 Å². The third-order valence-electron chi connectivity index (χ3n) is 8.26. The van der Waals surface area contributed by atoms with Crippen molar-refractivity contribution in [1.82, 2.24) is 0 Å². The normalized spacial score (nSPS) is 30.8. The smallest absolute Gasteiger partial charge is 0.0689 e. The fourth-order valence-corrected chi connectivity index (χ4v) is 6.12. The molecule has 162 valence electrons. The summed E-state index contributed by atoms with van der Waals surface area (Å²) in [6, 6.07) is 2.79. The predicted molar refractivity (Wildman–Crippen MR) is 122 cm³/mol. The third kappa shape index (κ3) is 8.08. The highest BCUT2D eigenvalue weighted by molar-refractivity contribution is 5.02. The summed E-state index contributed by atoms with van der Waals surface area (Å²) in [4.78, 5) is 0. The van der Waals surface area contributed by atoms with Crippen LogP contribution in [0.3, 0.4) is 0 Å². The minimum Gasteiger partial charge on any atom is -0.198 e. The first-order chi connectivity index (χ1) is 13.7. The van der Waals surface area contributed by atoms with E-state index in [-0.39, 0.29) is 5.41 Å². The van der Waals surface area contributed by atoms with Gasteiger partial charge in [0.15, 0.2) is 0 Å². The summed E-state index contributed by atoms with van der Waals surface area (Å²) in [7, 11) is 0. The largest absolute Gasteiger partial charge is 0.198 e. The molecule has 0 N–H and O–H groups in total. The molecular weight excluding hydrogens is 338 g/mol. The Labute approximate surface area is 177 Å². The van der Waals surface area contributed by atoms with Crippen molar-refractivity contribution in [3.63, 3.8) is 0 Å². The van der Waals surface area contributed by atoms with Gasteiger partial charge in [-0.15, -0.1) is 0 Å². The molecule has 0 aromatic heterocycles. The second kappa shape index (κ2) is 13.7. The van der Waals surface area contributed by atoms with Crippen molar-refractivity contribution in [2.45, 2.75) is 142 Å². The van der Waals surface area contributed by atoms with Gasteiger partial charge >= 0.3 is 0 Å². The second-order valence-electron chi connectivity index (χ2n) is 10.4. The van der Waals surface area contributed by atoms with Gasteiger partial charge in [0.2, 0.25) is 0 Å². The lowest BCUT2D eigenvalue weighted by Gasteiger charge is -2.41. The lowest BCUT2D eigenvalue weighted by atomic mass is 9.63. The molecule has 0 radical (unpaired) electrons. The Morgan fingerprint density at radius 1 is 0.679 bits per heavy atom. The molecule has 0 aromatic rings. The van der Waals surface area contributed by atoms with Crippen LogP contribution in [0, 0.1) is 34.5 Å². The van der Waals surface area contributed by atoms with Gasteiger partial charge in [-0.1, -0.05) is 97.3 Å². The second-order valence-corrected chi connectivity index (χ2v) is 10.4. The Balaban J connectivity index is 1.60. The number of unbranched alkanes of at least 4 members (excludes halogenated alkanes) is 8. The highest BCUT2D eigenvalue weighted by atomic mass is 14.4. The lowest BCUT2D eigenvalue weighted by Crippen LogP contribution is -2.31. The number of nitrogens with zero attached hydrogens (tertiary/aromatic N) is 1. The Bertz CT molecular complexity index is 418. The van der Waals surface area contributed by atoms with Crippen molar-refractivity contribution >= 4 is 0 Å². The van der Waals surface area contributed by atoms with Crippen molar-refractivity contribution in [3.8, 4) is 6.07 Å². The van der Waals surface area contributed by atoms with Crippen LogP contribution in [0.5, 0.6) is 0 Å². The van der Waals surface area contributed by atoms with Crippen LogP contribution in [0.1, 0.15) is 142 Å². The molecule has 2 saturated carbocycles. The number of hydrogen-bond donors (Lipinski definition) is 0. The van der Waals surface area contributed by atoms with Gasteiger partial charge in [-0.05, 0) is 62.7 Å². The molecule has 0 aromatic carbocycles. The van der Waals surface area contributed by atoms with Crippen LogP contribution in [-0.2, 0) is 0 Å². The van der Waals surface area contributed by atoms with E-state index in [0.29, 0.717) is 0 Å². The first-order valence-corrected chi connectivity index (χ1v) is 13.1. The molecule has 1 heteroatoms. The van der Waals surface area contributed by atoms with Crippen molar-refractivity contribution in [1.29, 1.82) is 5.26 Å². The summed E-state index contributed by atoms with van der Waals surface area (Å²) >= 11 is 0. The van der Waals surface area contributed by atoms with Crippen LogP contribution >= 0.6 is 0 Å². The standard InChI is InChI=1S/C27H49N/c1-3-5-7-8-9-10-11-12-20-27(23-28)21-18-26(19-22-27)25-16-14-24(15-17-25)13-6-4-2/h24-26H,3-22H2,1-2H3/t24?,25?,26-,27+. The molecule has 2 fully saturated rings. The molecule has 0 amide bonds. The maximum absolute atomic E-state index is 9.91. The van der Waals surface area contributed by atoms with Crippen LogP contribution in [0.15, 0.2) is 0 Å². The molecule has 0 bridgehead atoms. The van der Waals surface area contributed by atoms with Crippen LogP contribution in [0.4, 0.5) is 0 Å². The van der Waals surface area contributed by atoms with E-state index in [1.807, 2.05) is 0 Å². The van der Waals surface area contributed by atoms with E-state index in [1.165, 1.54) is 128 Å². The van der Waals surface area contributed by atoms with E-state index >= 15 is 0 Å². The van der Waals surface area contributed by atoms with Gasteiger partial charge < -0.3 is 0 Å². The fourth-order valence-electron chi connectivity index (χ4n) is 6.12. The van der Waals surface area contributed by atoms with Crippen LogP contribution in [0.2, 0.25) is 0 Å². The van der Waals surface area contributed by atoms with Crippen LogP contribution < -0.4 is 0 Å². The monoisotopic (exact) mass is 387 g/mol. The van der Waals surface area contributed by atoms with Gasteiger partial charge in [0.25, 0.3) is 0 Å². The topological polar surface area (TPSA) is 23.8 Å². The van der Waals surface area contributed by atoms with Crippen molar-refractivity contribution < 1.29 is 0 Å². The molecule has 1 nitrogen and oxygen atoms in total. The van der Waals surface area contributed by atoms with E-state index in [2.05, 4.69) is 19.9 Å². The molecule has 0 aliphatic heterocycles. The van der Waals surface area contributed by atoms with Crippen LogP contribution in [0.25, 0.3) is 0 Å². The third-order valence-corrected chi connectivity index (χ3v) is 8.26. The molecule has 0 spiro atoms. The Hall–Kier alpha value is -0.510. The fraction of sp³-hybridized carbons (Fsp3) is 0.963. The van der Waals surface area contributed by atoms with E-state index in [9.17, 15) is 5.26 Å². The zero-order valence-electron chi connectivity index (χ0n) is 19.3. The molecule has 0 heterocycles. The molecule has 0 unspecified atom stereocenters. The number of hydrogen-bond acceptors (Lipinski definition) is 1. The summed E-state index contributed by atoms with van der Waals surface area (Å²) in [6.07, 6.45) is 27.5. The number of nitriles is 1. The van der Waals surface area contributed by atoms with Crippen LogP contribution in [-0.4, -0.2) is 0 Å². The highest BCUT2D eigenvalue weighted by Gasteiger charge is 2.38. The van der Waals surface area contributed by atoms with E-state index in [0.717, 1.165) is 17.8 Å². The average molecular weight is 388 g/mol. The summed E-state index contributed by atoms with van der Waals surface area (Å²) < 4.78 is 0. The summed E-state index contributed by atoms with van der Waals surface area (Å²) in [5.41, 5.74) is 0.0387. The molecule has 0 atom stereocenters. The zero-order chi connectivity index (χ0) is 20.1. The van der Waals surface area contributed by atoms with E-state index in [4.69, 9.17) is 0 Å². The number of rotatable bonds is 13. The van der Waals surface area contributed by atoms with Gasteiger partial charge in [-0.2, -0.15) is 5.26 Å². The average Bonchev–Trinajstić information content (AvgIpc) is 2.75. The quantitative estimate of drug-likeness (QED) is 0.289. The molecule has 2 aliphatic rings. The van der Waals surface area contributed by atoms with Gasteiger partial charge in [0, 0.05) is 0 Å². The van der Waals surface area contributed by atoms with Gasteiger partial charge in [0.1, 0.15) is 0 Å². The summed E-state index contributed by atoms with van der Waals surface area (Å²) in [6.45, 7) is 4.61. The Morgan fingerprint density at radius 2 is 1.21 bits per heavy atom. The molecule has 0 saturated heterocycles. The molecule has 28 heavy (non-hydrogen) atoms. The maximum atomic E-state index is 9.91. The summed E-state index contributed by atoms with van der Waals surface area (Å²) in [5.74, 6) is 2.95. The van der Waals surface area contributed by atoms with Crippen molar-refractivity contribution in [2.24, 2.45) is 23.2 Å². The van der Waals surface area contributed by atoms with Crippen molar-refractivity contribution in [3.05, 3.63) is 0 Å². The Morgan fingerprint density at radius 3 is 1.79 bits per heavy atom. The molecule has 2 rings (SSSR count). The zero-order valence-corrected chi connectivity index (χ0v) is 19.3. The Kier molecular flexibility index (Phi) is 11.6. The first-order valence-electron chi connectivity index (χ1n) is 13.1. The minimum absolute atomic E-state index is 0.0387. The lowest BCUT2D eigenvalue weighted by molar-refractivity contribution is 0.114. The van der Waals surface area contributed by atoms with E-state index < -0.39 is 0 Å². The van der Waals surface area contributed by atoms with Gasteiger partial charge in [-0.25, -0.2) is 0 Å².